The Kier molecular flexibility index (Phi) is 7.17. The van der Waals surface area contributed by atoms with Gasteiger partial charge in [0.1, 0.15) is 0 Å². The van der Waals surface area contributed by atoms with E-state index in [2.05, 4.69) is 22.0 Å². The summed E-state index contributed by atoms with van der Waals surface area (Å²) in [6, 6.07) is 0.558. The van der Waals surface area contributed by atoms with Crippen molar-refractivity contribution < 1.29 is 4.79 Å². The molecule has 2 unspecified atom stereocenters. The predicted octanol–water partition coefficient (Wildman–Crippen LogP) is 3.07. The number of hydrogen-bond donors (Lipinski definition) is 1. The number of piperidine rings is 1. The van der Waals surface area contributed by atoms with Crippen molar-refractivity contribution in [3.63, 3.8) is 0 Å². The average molecular weight is 333 g/mol. The van der Waals surface area contributed by atoms with Crippen molar-refractivity contribution >= 4 is 30.1 Å². The highest BCUT2D eigenvalue weighted by atomic mass is 35.5. The third-order valence-corrected chi connectivity index (χ3v) is 6.67. The van der Waals surface area contributed by atoms with Crippen LogP contribution >= 0.6 is 24.2 Å². The van der Waals surface area contributed by atoms with Gasteiger partial charge in [0, 0.05) is 30.0 Å². The van der Waals surface area contributed by atoms with Gasteiger partial charge >= 0.3 is 0 Å². The zero-order valence-electron chi connectivity index (χ0n) is 12.9. The number of hydrogen-bond acceptors (Lipinski definition) is 3. The van der Waals surface area contributed by atoms with E-state index < -0.39 is 0 Å². The molecule has 0 radical (unpaired) electrons. The van der Waals surface area contributed by atoms with Crippen LogP contribution in [0.3, 0.4) is 0 Å². The van der Waals surface area contributed by atoms with Crippen molar-refractivity contribution in [2.24, 2.45) is 5.92 Å². The third kappa shape index (κ3) is 4.52. The first-order valence-corrected chi connectivity index (χ1v) is 9.51. The quantitative estimate of drug-likeness (QED) is 0.862. The van der Waals surface area contributed by atoms with Crippen LogP contribution in [0.25, 0.3) is 0 Å². The zero-order valence-corrected chi connectivity index (χ0v) is 14.5. The number of amides is 1. The fourth-order valence-electron chi connectivity index (χ4n) is 4.05. The van der Waals surface area contributed by atoms with Gasteiger partial charge in [-0.3, -0.25) is 4.79 Å². The highest BCUT2D eigenvalue weighted by molar-refractivity contribution is 8.00. The lowest BCUT2D eigenvalue weighted by atomic mass is 9.91. The van der Waals surface area contributed by atoms with Crippen molar-refractivity contribution in [2.45, 2.75) is 62.7 Å². The van der Waals surface area contributed by atoms with Gasteiger partial charge in [-0.15, -0.1) is 12.4 Å². The molecule has 3 aliphatic rings. The summed E-state index contributed by atoms with van der Waals surface area (Å²) < 4.78 is 0. The van der Waals surface area contributed by atoms with Crippen LogP contribution in [0.5, 0.6) is 0 Å². The molecule has 0 aromatic carbocycles. The Balaban J connectivity index is 0.00000161. The molecular weight excluding hydrogens is 304 g/mol. The van der Waals surface area contributed by atoms with Crippen molar-refractivity contribution in [3.8, 4) is 0 Å². The Morgan fingerprint density at radius 2 is 1.90 bits per heavy atom. The van der Waals surface area contributed by atoms with Crippen LogP contribution in [-0.4, -0.2) is 47.5 Å². The maximum absolute atomic E-state index is 12.6. The number of carbonyl (C=O) groups excluding carboxylic acids is 1. The molecule has 3 fully saturated rings. The van der Waals surface area contributed by atoms with Gasteiger partial charge in [0.15, 0.2) is 0 Å². The van der Waals surface area contributed by atoms with Crippen LogP contribution in [0, 0.1) is 5.92 Å². The highest BCUT2D eigenvalue weighted by Crippen LogP contribution is 2.36. The maximum atomic E-state index is 12.6. The predicted molar refractivity (Wildman–Crippen MR) is 92.3 cm³/mol. The lowest BCUT2D eigenvalue weighted by Crippen LogP contribution is -2.51. The summed E-state index contributed by atoms with van der Waals surface area (Å²) in [4.78, 5) is 14.8. The minimum Gasteiger partial charge on any atom is -0.338 e. The molecule has 0 bridgehead atoms. The summed E-state index contributed by atoms with van der Waals surface area (Å²) in [7, 11) is 0. The Labute approximate surface area is 139 Å². The Morgan fingerprint density at radius 3 is 2.71 bits per heavy atom. The number of rotatable bonds is 3. The average Bonchev–Trinajstić information content (AvgIpc) is 2.53. The van der Waals surface area contributed by atoms with Crippen LogP contribution < -0.4 is 5.32 Å². The van der Waals surface area contributed by atoms with Crippen molar-refractivity contribution in [3.05, 3.63) is 0 Å². The number of thioether (sulfide) groups is 1. The molecule has 0 spiro atoms. The number of nitrogens with one attached hydrogen (secondary N) is 1. The number of nitrogens with zero attached hydrogens (tertiary/aromatic N) is 1. The lowest BCUT2D eigenvalue weighted by Gasteiger charge is -2.43. The van der Waals surface area contributed by atoms with Gasteiger partial charge in [-0.05, 0) is 51.1 Å². The van der Waals surface area contributed by atoms with E-state index in [0.717, 1.165) is 49.4 Å². The molecule has 2 atom stereocenters. The molecule has 5 heteroatoms. The molecule has 2 saturated heterocycles. The van der Waals surface area contributed by atoms with E-state index in [-0.39, 0.29) is 12.4 Å². The second kappa shape index (κ2) is 8.64. The lowest BCUT2D eigenvalue weighted by molar-refractivity contribution is -0.134. The SMILES string of the molecule is Cl.O=C(CCC1CCNCC1)N1CCSC2CCCCC21. The first-order chi connectivity index (χ1) is 9.84. The Bertz CT molecular complexity index is 334. The highest BCUT2D eigenvalue weighted by Gasteiger charge is 2.36. The Hall–Kier alpha value is 0.0700. The molecule has 1 amide bonds. The van der Waals surface area contributed by atoms with E-state index in [1.807, 2.05) is 0 Å². The molecule has 3 rings (SSSR count). The van der Waals surface area contributed by atoms with Crippen molar-refractivity contribution in [2.75, 3.05) is 25.4 Å². The second-order valence-corrected chi connectivity index (χ2v) is 7.93. The van der Waals surface area contributed by atoms with E-state index in [0.29, 0.717) is 11.9 Å². The van der Waals surface area contributed by atoms with Crippen LogP contribution in [0.4, 0.5) is 0 Å². The monoisotopic (exact) mass is 332 g/mol. The van der Waals surface area contributed by atoms with E-state index in [4.69, 9.17) is 0 Å². The minimum atomic E-state index is 0. The summed E-state index contributed by atoms with van der Waals surface area (Å²) in [5.74, 6) is 2.38. The summed E-state index contributed by atoms with van der Waals surface area (Å²) >= 11 is 2.11. The fraction of sp³-hybridized carbons (Fsp3) is 0.938. The molecule has 122 valence electrons. The van der Waals surface area contributed by atoms with Gasteiger partial charge in [0.25, 0.3) is 0 Å². The van der Waals surface area contributed by atoms with Crippen LogP contribution in [0.15, 0.2) is 0 Å². The summed E-state index contributed by atoms with van der Waals surface area (Å²) in [6.45, 7) is 3.28. The Morgan fingerprint density at radius 1 is 1.14 bits per heavy atom. The van der Waals surface area contributed by atoms with Crippen LogP contribution in [0.1, 0.15) is 51.4 Å². The first kappa shape index (κ1) is 17.4. The number of halogens is 1. The van der Waals surface area contributed by atoms with Crippen LogP contribution in [-0.2, 0) is 4.79 Å². The van der Waals surface area contributed by atoms with E-state index in [1.54, 1.807) is 0 Å². The molecule has 1 N–H and O–H groups in total. The van der Waals surface area contributed by atoms with Gasteiger partial charge in [-0.1, -0.05) is 12.8 Å². The topological polar surface area (TPSA) is 32.3 Å². The van der Waals surface area contributed by atoms with Gasteiger partial charge in [-0.25, -0.2) is 0 Å². The molecular formula is C16H29ClN2OS. The molecule has 1 saturated carbocycles. The molecule has 0 aromatic rings. The molecule has 0 aromatic heterocycles. The number of fused-ring (bicyclic) bond motifs is 1. The standard InChI is InChI=1S/C16H28N2OS.ClH/c19-16(6-5-13-7-9-17-10-8-13)18-11-12-20-15-4-2-1-3-14(15)18;/h13-15,17H,1-12H2;1H. The smallest absolute Gasteiger partial charge is 0.222 e. The second-order valence-electron chi connectivity index (χ2n) is 6.58. The summed E-state index contributed by atoms with van der Waals surface area (Å²) in [5.41, 5.74) is 0. The van der Waals surface area contributed by atoms with Gasteiger partial charge in [0.2, 0.25) is 5.91 Å². The van der Waals surface area contributed by atoms with Gasteiger partial charge < -0.3 is 10.2 Å². The third-order valence-electron chi connectivity index (χ3n) is 5.28. The normalized spacial score (nSPS) is 30.4. The number of carbonyl (C=O) groups is 1. The van der Waals surface area contributed by atoms with Crippen molar-refractivity contribution in [1.82, 2.24) is 10.2 Å². The minimum absolute atomic E-state index is 0. The van der Waals surface area contributed by atoms with Gasteiger partial charge in [-0.2, -0.15) is 11.8 Å². The van der Waals surface area contributed by atoms with Crippen LogP contribution in [0.2, 0.25) is 0 Å². The maximum Gasteiger partial charge on any atom is 0.222 e. The van der Waals surface area contributed by atoms with E-state index in [9.17, 15) is 4.79 Å². The van der Waals surface area contributed by atoms with Gasteiger partial charge in [0.05, 0.1) is 0 Å². The molecule has 21 heavy (non-hydrogen) atoms. The zero-order chi connectivity index (χ0) is 13.8. The first-order valence-electron chi connectivity index (χ1n) is 8.46. The molecule has 2 heterocycles. The van der Waals surface area contributed by atoms with E-state index in [1.165, 1.54) is 38.5 Å². The van der Waals surface area contributed by atoms with Crippen molar-refractivity contribution in [1.29, 1.82) is 0 Å². The summed E-state index contributed by atoms with van der Waals surface area (Å²) in [5, 5.41) is 4.14. The summed E-state index contributed by atoms with van der Waals surface area (Å²) in [6.07, 6.45) is 9.68. The largest absolute Gasteiger partial charge is 0.338 e. The van der Waals surface area contributed by atoms with E-state index >= 15 is 0 Å². The molecule has 3 nitrogen and oxygen atoms in total. The fourth-order valence-corrected chi connectivity index (χ4v) is 5.49. The molecule has 2 aliphatic heterocycles. The molecule has 1 aliphatic carbocycles.